The zero-order valence-corrected chi connectivity index (χ0v) is 20.1. The van der Waals surface area contributed by atoms with Gasteiger partial charge < -0.3 is 14.8 Å². The molecule has 0 spiro atoms. The van der Waals surface area contributed by atoms with Gasteiger partial charge in [-0.2, -0.15) is 0 Å². The minimum atomic E-state index is -0.968. The molecule has 2 saturated heterocycles. The van der Waals surface area contributed by atoms with Crippen LogP contribution in [0.5, 0.6) is 5.75 Å². The number of fused-ring (bicyclic) bond motifs is 3. The summed E-state index contributed by atoms with van der Waals surface area (Å²) < 4.78 is 5.99. The SMILES string of the molecule is CC1=C2[C@@H](CC/C(C)=C/c3cccc(O)c3)OB(O)C[C@@H]2[C@@H]2C(=O)N(c3ccccc3)C(=O)[C@@H]2C1. The van der Waals surface area contributed by atoms with Gasteiger partial charge in [-0.3, -0.25) is 14.5 Å². The molecule has 6 nitrogen and oxygen atoms in total. The van der Waals surface area contributed by atoms with Crippen LogP contribution in [0.1, 0.15) is 38.7 Å². The molecule has 0 saturated carbocycles. The van der Waals surface area contributed by atoms with Gasteiger partial charge in [0.2, 0.25) is 11.8 Å². The maximum Gasteiger partial charge on any atom is 0.455 e. The lowest BCUT2D eigenvalue weighted by Crippen LogP contribution is -2.46. The summed E-state index contributed by atoms with van der Waals surface area (Å²) in [6.07, 6.45) is 4.01. The van der Waals surface area contributed by atoms with Crippen LogP contribution in [0.15, 0.2) is 71.3 Å². The van der Waals surface area contributed by atoms with Crippen LogP contribution < -0.4 is 4.90 Å². The molecule has 3 aliphatic rings. The molecule has 2 heterocycles. The Bertz CT molecular complexity index is 1210. The number of carbonyl (C=O) groups is 2. The first-order valence-electron chi connectivity index (χ1n) is 12.3. The van der Waals surface area contributed by atoms with Crippen LogP contribution >= 0.6 is 0 Å². The number of anilines is 1. The molecule has 2 aromatic carbocycles. The number of benzene rings is 2. The summed E-state index contributed by atoms with van der Waals surface area (Å²) in [5.74, 6) is -1.16. The summed E-state index contributed by atoms with van der Waals surface area (Å²) in [4.78, 5) is 28.2. The molecule has 0 bridgehead atoms. The topological polar surface area (TPSA) is 87.1 Å². The molecule has 5 rings (SSSR count). The molecular weight excluding hydrogens is 441 g/mol. The van der Waals surface area contributed by atoms with Gasteiger partial charge >= 0.3 is 7.12 Å². The number of phenols is 1. The molecule has 0 radical (unpaired) electrons. The fourth-order valence-corrected chi connectivity index (χ4v) is 6.08. The monoisotopic (exact) mass is 471 g/mol. The van der Waals surface area contributed by atoms with Crippen molar-refractivity contribution in [3.63, 3.8) is 0 Å². The number of imide groups is 1. The van der Waals surface area contributed by atoms with E-state index in [0.717, 1.165) is 28.7 Å². The molecule has 0 aromatic heterocycles. The first-order valence-corrected chi connectivity index (χ1v) is 12.3. The average molecular weight is 471 g/mol. The van der Waals surface area contributed by atoms with E-state index >= 15 is 0 Å². The van der Waals surface area contributed by atoms with Gasteiger partial charge in [0.25, 0.3) is 0 Å². The summed E-state index contributed by atoms with van der Waals surface area (Å²) in [5, 5.41) is 20.3. The maximum absolute atomic E-state index is 13.6. The third-order valence-corrected chi connectivity index (χ3v) is 7.55. The second-order valence-corrected chi connectivity index (χ2v) is 9.97. The fourth-order valence-electron chi connectivity index (χ4n) is 6.08. The first kappa shape index (κ1) is 23.6. The van der Waals surface area contributed by atoms with Crippen molar-refractivity contribution in [3.8, 4) is 5.75 Å². The van der Waals surface area contributed by atoms with Crippen LogP contribution in [-0.4, -0.2) is 35.2 Å². The fraction of sp³-hybridized carbons (Fsp3) is 0.357. The Labute approximate surface area is 206 Å². The number of para-hydroxylation sites is 1. The smallest absolute Gasteiger partial charge is 0.455 e. The Morgan fingerprint density at radius 2 is 1.89 bits per heavy atom. The van der Waals surface area contributed by atoms with Gasteiger partial charge in [0, 0.05) is 0 Å². The van der Waals surface area contributed by atoms with Crippen molar-refractivity contribution in [3.05, 3.63) is 76.9 Å². The Morgan fingerprint density at radius 1 is 1.11 bits per heavy atom. The number of phenolic OH excluding ortho intramolecular Hbond substituents is 1. The van der Waals surface area contributed by atoms with Crippen molar-refractivity contribution < 1.29 is 24.4 Å². The standard InChI is InChI=1S/C28H30BNO5/c1-17(13-19-7-6-10-21(31)15-19)11-12-24-25-18(2)14-22-26(23(25)16-29(34)35-24)28(33)30(27(22)32)20-8-4-3-5-9-20/h3-10,13,15,22-24,26,31,34H,11-12,14,16H2,1-2H3/b17-13+/t22-,23+,24-,26-/m1/s1. The highest BCUT2D eigenvalue weighted by Crippen LogP contribution is 2.51. The lowest BCUT2D eigenvalue weighted by atomic mass is 9.59. The van der Waals surface area contributed by atoms with Crippen LogP contribution in [0, 0.1) is 17.8 Å². The second kappa shape index (κ2) is 9.48. The summed E-state index contributed by atoms with van der Waals surface area (Å²) in [6, 6.07) is 16.2. The minimum Gasteiger partial charge on any atom is -0.508 e. The number of hydrogen-bond acceptors (Lipinski definition) is 5. The van der Waals surface area contributed by atoms with Gasteiger partial charge in [0.05, 0.1) is 23.6 Å². The van der Waals surface area contributed by atoms with Crippen LogP contribution in [0.25, 0.3) is 6.08 Å². The summed E-state index contributed by atoms with van der Waals surface area (Å²) in [7, 11) is -0.968. The molecule has 1 aliphatic carbocycles. The van der Waals surface area contributed by atoms with Crippen molar-refractivity contribution >= 4 is 30.7 Å². The zero-order chi connectivity index (χ0) is 24.7. The Hall–Kier alpha value is -3.16. The highest BCUT2D eigenvalue weighted by Gasteiger charge is 2.57. The van der Waals surface area contributed by atoms with E-state index in [1.165, 1.54) is 4.90 Å². The summed E-state index contributed by atoms with van der Waals surface area (Å²) in [6.45, 7) is 4.07. The number of allylic oxidation sites excluding steroid dienone is 2. The predicted molar refractivity (Wildman–Crippen MR) is 135 cm³/mol. The van der Waals surface area contributed by atoms with E-state index < -0.39 is 19.0 Å². The Balaban J connectivity index is 1.38. The van der Waals surface area contributed by atoms with Gasteiger partial charge in [0.1, 0.15) is 5.75 Å². The predicted octanol–water partition coefficient (Wildman–Crippen LogP) is 4.60. The second-order valence-electron chi connectivity index (χ2n) is 9.97. The molecule has 0 unspecified atom stereocenters. The summed E-state index contributed by atoms with van der Waals surface area (Å²) in [5.41, 5.74) is 4.84. The van der Waals surface area contributed by atoms with E-state index in [2.05, 4.69) is 0 Å². The highest BCUT2D eigenvalue weighted by atomic mass is 16.5. The molecule has 35 heavy (non-hydrogen) atoms. The van der Waals surface area contributed by atoms with Crippen molar-refractivity contribution in [2.24, 2.45) is 17.8 Å². The molecule has 2 aromatic rings. The average Bonchev–Trinajstić information content (AvgIpc) is 3.07. The molecule has 4 atom stereocenters. The minimum absolute atomic E-state index is 0.146. The lowest BCUT2D eigenvalue weighted by Gasteiger charge is -2.42. The van der Waals surface area contributed by atoms with Crippen molar-refractivity contribution in [2.45, 2.75) is 45.5 Å². The van der Waals surface area contributed by atoms with E-state index in [-0.39, 0.29) is 29.6 Å². The molecule has 7 heteroatoms. The number of carbonyl (C=O) groups excluding carboxylic acids is 2. The van der Waals surface area contributed by atoms with Crippen LogP contribution in [-0.2, 0) is 14.2 Å². The number of hydrogen-bond donors (Lipinski definition) is 2. The maximum atomic E-state index is 13.6. The van der Waals surface area contributed by atoms with E-state index in [1.807, 2.05) is 50.3 Å². The Kier molecular flexibility index (Phi) is 6.38. The van der Waals surface area contributed by atoms with E-state index in [9.17, 15) is 19.7 Å². The Morgan fingerprint density at radius 3 is 2.63 bits per heavy atom. The third-order valence-electron chi connectivity index (χ3n) is 7.55. The number of amides is 2. The number of aromatic hydroxyl groups is 1. The summed E-state index contributed by atoms with van der Waals surface area (Å²) >= 11 is 0. The van der Waals surface area contributed by atoms with Gasteiger partial charge in [-0.05, 0) is 80.8 Å². The van der Waals surface area contributed by atoms with Crippen LogP contribution in [0.4, 0.5) is 5.69 Å². The van der Waals surface area contributed by atoms with Gasteiger partial charge in [-0.1, -0.05) is 47.6 Å². The molecule has 2 amide bonds. The van der Waals surface area contributed by atoms with Crippen molar-refractivity contribution in [1.82, 2.24) is 0 Å². The van der Waals surface area contributed by atoms with Crippen LogP contribution in [0.3, 0.4) is 0 Å². The van der Waals surface area contributed by atoms with Gasteiger partial charge in [-0.15, -0.1) is 0 Å². The van der Waals surface area contributed by atoms with Gasteiger partial charge in [-0.25, -0.2) is 0 Å². The quantitative estimate of drug-likeness (QED) is 0.378. The molecule has 2 fully saturated rings. The number of nitrogens with zero attached hydrogens (tertiary/aromatic N) is 1. The molecule has 180 valence electrons. The zero-order valence-electron chi connectivity index (χ0n) is 20.1. The van der Waals surface area contributed by atoms with Crippen LogP contribution in [0.2, 0.25) is 6.32 Å². The largest absolute Gasteiger partial charge is 0.508 e. The van der Waals surface area contributed by atoms with E-state index in [1.54, 1.807) is 24.3 Å². The van der Waals surface area contributed by atoms with E-state index in [4.69, 9.17) is 4.65 Å². The van der Waals surface area contributed by atoms with Gasteiger partial charge in [0.15, 0.2) is 0 Å². The molecular formula is C28H30BNO5. The van der Waals surface area contributed by atoms with Crippen molar-refractivity contribution in [2.75, 3.05) is 4.90 Å². The lowest BCUT2D eigenvalue weighted by molar-refractivity contribution is -0.122. The molecule has 2 aliphatic heterocycles. The molecule has 2 N–H and O–H groups in total. The first-order chi connectivity index (χ1) is 16.8. The van der Waals surface area contributed by atoms with Crippen molar-refractivity contribution in [1.29, 1.82) is 0 Å². The number of rotatable bonds is 5. The van der Waals surface area contributed by atoms with E-state index in [0.29, 0.717) is 24.8 Å². The normalized spacial score (nSPS) is 26.8. The third kappa shape index (κ3) is 4.46. The highest BCUT2D eigenvalue weighted by molar-refractivity contribution is 6.43.